The Hall–Kier alpha value is -5.28. The SMILES string of the molecule is O=C(O)CCCCCOc1ccc(CC(NC(=O)c2ccc(F)c(C(F)(F)F)c2)(c2ccc(F)cc2)c2cc(F)cc(OC(F)(F)C(F)F)c2)cc1. The monoisotopic (exact) mass is 745 g/mol. The van der Waals surface area contributed by atoms with E-state index in [2.05, 4.69) is 10.1 Å². The maximum atomic E-state index is 15.1. The van der Waals surface area contributed by atoms with Crippen molar-refractivity contribution >= 4 is 11.9 Å². The summed E-state index contributed by atoms with van der Waals surface area (Å²) in [6.45, 7) is 0.224. The van der Waals surface area contributed by atoms with Crippen molar-refractivity contribution in [3.8, 4) is 11.5 Å². The van der Waals surface area contributed by atoms with Crippen LogP contribution in [0.3, 0.4) is 0 Å². The van der Waals surface area contributed by atoms with E-state index in [-0.39, 0.29) is 24.7 Å². The highest BCUT2D eigenvalue weighted by Gasteiger charge is 2.45. The molecule has 0 aliphatic heterocycles. The van der Waals surface area contributed by atoms with Gasteiger partial charge in [0.15, 0.2) is 0 Å². The van der Waals surface area contributed by atoms with Crippen LogP contribution in [0.25, 0.3) is 0 Å². The second-order valence-electron chi connectivity index (χ2n) is 11.6. The molecule has 6 nitrogen and oxygen atoms in total. The number of hydrogen-bond acceptors (Lipinski definition) is 4. The molecule has 278 valence electrons. The highest BCUT2D eigenvalue weighted by molar-refractivity contribution is 5.95. The average Bonchev–Trinajstić information content (AvgIpc) is 3.06. The van der Waals surface area contributed by atoms with Crippen LogP contribution in [0.5, 0.6) is 11.5 Å². The van der Waals surface area contributed by atoms with E-state index in [9.17, 15) is 49.1 Å². The Morgan fingerprint density at radius 1 is 0.731 bits per heavy atom. The lowest BCUT2D eigenvalue weighted by molar-refractivity contribution is -0.253. The van der Waals surface area contributed by atoms with Gasteiger partial charge in [-0.2, -0.15) is 30.7 Å². The van der Waals surface area contributed by atoms with Crippen molar-refractivity contribution in [2.24, 2.45) is 0 Å². The Labute approximate surface area is 290 Å². The molecule has 52 heavy (non-hydrogen) atoms. The lowest BCUT2D eigenvalue weighted by atomic mass is 9.77. The number of hydrogen-bond donors (Lipinski definition) is 2. The summed E-state index contributed by atoms with van der Waals surface area (Å²) in [6, 6.07) is 13.1. The maximum absolute atomic E-state index is 15.1. The fraction of sp³-hybridized carbons (Fsp3) is 0.278. The van der Waals surface area contributed by atoms with Gasteiger partial charge in [-0.15, -0.1) is 0 Å². The van der Waals surface area contributed by atoms with E-state index in [1.165, 1.54) is 24.3 Å². The van der Waals surface area contributed by atoms with Gasteiger partial charge in [0.2, 0.25) is 0 Å². The van der Waals surface area contributed by atoms with Gasteiger partial charge in [-0.25, -0.2) is 13.2 Å². The third kappa shape index (κ3) is 10.2. The predicted octanol–water partition coefficient (Wildman–Crippen LogP) is 9.30. The number of carbonyl (C=O) groups excluding carboxylic acids is 1. The van der Waals surface area contributed by atoms with Crippen LogP contribution >= 0.6 is 0 Å². The predicted molar refractivity (Wildman–Crippen MR) is 166 cm³/mol. The molecule has 0 bridgehead atoms. The topological polar surface area (TPSA) is 84.9 Å². The minimum absolute atomic E-state index is 0.000723. The summed E-state index contributed by atoms with van der Waals surface area (Å²) >= 11 is 0. The largest absolute Gasteiger partial charge is 0.494 e. The molecule has 0 aromatic heterocycles. The number of carboxylic acid groups (broad SMARTS) is 1. The summed E-state index contributed by atoms with van der Waals surface area (Å²) in [7, 11) is 0. The molecule has 0 aliphatic rings. The van der Waals surface area contributed by atoms with Crippen LogP contribution in [0.4, 0.5) is 43.9 Å². The molecule has 4 aromatic carbocycles. The summed E-state index contributed by atoms with van der Waals surface area (Å²) in [5, 5.41) is 11.2. The van der Waals surface area contributed by atoms with E-state index in [4.69, 9.17) is 9.84 Å². The highest BCUT2D eigenvalue weighted by atomic mass is 19.4. The van der Waals surface area contributed by atoms with Gasteiger partial charge in [0.1, 0.15) is 29.0 Å². The van der Waals surface area contributed by atoms with Crippen molar-refractivity contribution in [2.75, 3.05) is 6.61 Å². The smallest absolute Gasteiger partial charge is 0.461 e. The van der Waals surface area contributed by atoms with Gasteiger partial charge >= 0.3 is 24.7 Å². The molecule has 0 aliphatic carbocycles. The van der Waals surface area contributed by atoms with Crippen molar-refractivity contribution < 1.29 is 68.1 Å². The third-order valence-electron chi connectivity index (χ3n) is 7.77. The number of unbranched alkanes of at least 4 members (excludes halogenated alkanes) is 2. The molecule has 0 heterocycles. The van der Waals surface area contributed by atoms with Crippen molar-refractivity contribution in [1.82, 2.24) is 5.32 Å². The van der Waals surface area contributed by atoms with Gasteiger partial charge in [-0.3, -0.25) is 9.59 Å². The number of carbonyl (C=O) groups is 2. The van der Waals surface area contributed by atoms with E-state index in [0.717, 1.165) is 36.4 Å². The molecule has 0 radical (unpaired) electrons. The number of halogens is 10. The first kappa shape index (κ1) is 39.5. The number of carboxylic acids is 1. The zero-order valence-corrected chi connectivity index (χ0v) is 26.8. The van der Waals surface area contributed by atoms with Crippen molar-refractivity contribution in [2.45, 2.75) is 56.4 Å². The van der Waals surface area contributed by atoms with Crippen LogP contribution in [0.1, 0.15) is 58.3 Å². The van der Waals surface area contributed by atoms with E-state index in [1.807, 2.05) is 0 Å². The Morgan fingerprint density at radius 2 is 1.40 bits per heavy atom. The molecule has 0 saturated carbocycles. The lowest BCUT2D eigenvalue weighted by Crippen LogP contribution is -2.49. The second-order valence-corrected chi connectivity index (χ2v) is 11.6. The van der Waals surface area contributed by atoms with E-state index >= 15 is 4.39 Å². The summed E-state index contributed by atoms with van der Waals surface area (Å²) in [5.74, 6) is -6.80. The van der Waals surface area contributed by atoms with Gasteiger partial charge < -0.3 is 19.9 Å². The molecule has 1 atom stereocenters. The van der Waals surface area contributed by atoms with Gasteiger partial charge in [-0.05, 0) is 90.6 Å². The number of ether oxygens (including phenoxy) is 2. The molecule has 4 rings (SSSR count). The molecule has 4 aromatic rings. The number of amides is 1. The Balaban J connectivity index is 1.82. The van der Waals surface area contributed by atoms with Gasteiger partial charge in [0.05, 0.1) is 17.7 Å². The van der Waals surface area contributed by atoms with Gasteiger partial charge in [0, 0.05) is 24.5 Å². The third-order valence-corrected chi connectivity index (χ3v) is 7.77. The minimum atomic E-state index is -5.22. The minimum Gasteiger partial charge on any atom is -0.494 e. The summed E-state index contributed by atoms with van der Waals surface area (Å²) in [6.07, 6.45) is -13.6. The molecular formula is C36H29F10NO5. The lowest BCUT2D eigenvalue weighted by Gasteiger charge is -2.37. The molecular weight excluding hydrogens is 716 g/mol. The molecule has 0 saturated heterocycles. The Morgan fingerprint density at radius 3 is 2.02 bits per heavy atom. The second kappa shape index (κ2) is 16.4. The number of aliphatic carboxylic acids is 1. The molecule has 1 amide bonds. The molecule has 0 fully saturated rings. The Kier molecular flexibility index (Phi) is 12.4. The van der Waals surface area contributed by atoms with Crippen LogP contribution in [0.2, 0.25) is 0 Å². The normalized spacial score (nSPS) is 13.1. The van der Waals surface area contributed by atoms with E-state index in [1.54, 1.807) is 0 Å². The summed E-state index contributed by atoms with van der Waals surface area (Å²) in [4.78, 5) is 24.4. The van der Waals surface area contributed by atoms with Gasteiger partial charge in [-0.1, -0.05) is 24.3 Å². The molecule has 2 N–H and O–H groups in total. The van der Waals surface area contributed by atoms with Crippen LogP contribution in [-0.2, 0) is 22.9 Å². The fourth-order valence-corrected chi connectivity index (χ4v) is 5.27. The first-order chi connectivity index (χ1) is 24.4. The average molecular weight is 746 g/mol. The Bertz CT molecular complexity index is 1850. The highest BCUT2D eigenvalue weighted by Crippen LogP contribution is 2.39. The first-order valence-electron chi connectivity index (χ1n) is 15.4. The molecule has 16 heteroatoms. The van der Waals surface area contributed by atoms with Crippen LogP contribution < -0.4 is 14.8 Å². The van der Waals surface area contributed by atoms with E-state index < -0.39 is 82.4 Å². The van der Waals surface area contributed by atoms with E-state index in [0.29, 0.717) is 48.8 Å². The van der Waals surface area contributed by atoms with Crippen LogP contribution in [-0.4, -0.2) is 36.1 Å². The quantitative estimate of drug-likeness (QED) is 0.0883. The van der Waals surface area contributed by atoms with Crippen molar-refractivity contribution in [1.29, 1.82) is 0 Å². The maximum Gasteiger partial charge on any atom is 0.461 e. The zero-order chi connectivity index (χ0) is 38.3. The van der Waals surface area contributed by atoms with Crippen LogP contribution in [0, 0.1) is 17.5 Å². The summed E-state index contributed by atoms with van der Waals surface area (Å²) < 4.78 is 148. The van der Waals surface area contributed by atoms with Crippen molar-refractivity contribution in [3.05, 3.63) is 130 Å². The number of nitrogens with one attached hydrogen (secondary N) is 1. The zero-order valence-electron chi connectivity index (χ0n) is 26.8. The standard InChI is InChI=1S/C36H29F10NO5/c37-25-10-8-23(9-11-25)34(24-17-26(38)19-28(18-24)52-36(45,46)33(40)41,47-32(50)22-7-14-30(39)29(16-22)35(42,43)44)20-21-5-12-27(13-6-21)51-15-3-1-2-4-31(48)49/h5-14,16-19,33H,1-4,15,20H2,(H,47,50)(H,48,49). The number of benzene rings is 4. The molecule has 1 unspecified atom stereocenters. The number of rotatable bonds is 16. The van der Waals surface area contributed by atoms with Crippen LogP contribution in [0.15, 0.2) is 84.9 Å². The fourth-order valence-electron chi connectivity index (χ4n) is 5.27. The first-order valence-corrected chi connectivity index (χ1v) is 15.4. The molecule has 0 spiro atoms. The van der Waals surface area contributed by atoms with Crippen molar-refractivity contribution in [3.63, 3.8) is 0 Å². The van der Waals surface area contributed by atoms with Gasteiger partial charge in [0.25, 0.3) is 5.91 Å². The summed E-state index contributed by atoms with van der Waals surface area (Å²) in [5.41, 5.74) is -4.90. The number of alkyl halides is 7.